The molecular formula is C17H20N2O4S3. The van der Waals surface area contributed by atoms with E-state index in [2.05, 4.69) is 5.32 Å². The number of esters is 1. The number of thiocarbonyl (C=S) groups is 1. The number of carbonyl (C=O) groups excluding carboxylic acids is 3. The van der Waals surface area contributed by atoms with Gasteiger partial charge in [-0.1, -0.05) is 30.0 Å². The van der Waals surface area contributed by atoms with E-state index in [1.807, 2.05) is 32.0 Å². The Labute approximate surface area is 166 Å². The molecule has 1 aromatic carbocycles. The fourth-order valence-electron chi connectivity index (χ4n) is 2.09. The number of hydrogen-bond donors (Lipinski definition) is 1. The average Bonchev–Trinajstić information content (AvgIpc) is 2.93. The molecule has 0 spiro atoms. The van der Waals surface area contributed by atoms with E-state index in [4.69, 9.17) is 17.0 Å². The first-order valence-corrected chi connectivity index (χ1v) is 10.3. The minimum absolute atomic E-state index is 0.0518. The highest BCUT2D eigenvalue weighted by atomic mass is 32.2. The topological polar surface area (TPSA) is 75.7 Å². The van der Waals surface area contributed by atoms with E-state index in [1.54, 1.807) is 0 Å². The normalized spacial score (nSPS) is 13.8. The zero-order valence-corrected chi connectivity index (χ0v) is 17.0. The van der Waals surface area contributed by atoms with Gasteiger partial charge in [0.1, 0.15) is 4.32 Å². The largest absolute Gasteiger partial charge is 0.455 e. The van der Waals surface area contributed by atoms with E-state index in [0.717, 1.165) is 10.5 Å². The van der Waals surface area contributed by atoms with Gasteiger partial charge in [0, 0.05) is 18.0 Å². The lowest BCUT2D eigenvalue weighted by Crippen LogP contribution is -2.38. The van der Waals surface area contributed by atoms with Gasteiger partial charge in [0.25, 0.3) is 5.91 Å². The van der Waals surface area contributed by atoms with Crippen molar-refractivity contribution in [3.63, 3.8) is 0 Å². The van der Waals surface area contributed by atoms with E-state index in [-0.39, 0.29) is 24.8 Å². The Morgan fingerprint density at radius 3 is 2.77 bits per heavy atom. The second-order valence-electron chi connectivity index (χ2n) is 5.65. The second kappa shape index (κ2) is 9.94. The third-order valence-electron chi connectivity index (χ3n) is 3.70. The van der Waals surface area contributed by atoms with Crippen LogP contribution < -0.4 is 5.32 Å². The summed E-state index contributed by atoms with van der Waals surface area (Å²) in [5.74, 6) is -0.411. The summed E-state index contributed by atoms with van der Waals surface area (Å²) in [7, 11) is 0. The maximum Gasteiger partial charge on any atom is 0.316 e. The van der Waals surface area contributed by atoms with E-state index < -0.39 is 11.9 Å². The van der Waals surface area contributed by atoms with Crippen LogP contribution in [0.25, 0.3) is 0 Å². The molecule has 0 aromatic heterocycles. The Kier molecular flexibility index (Phi) is 7.92. The summed E-state index contributed by atoms with van der Waals surface area (Å²) in [4.78, 5) is 37.4. The maximum atomic E-state index is 11.7. The number of nitrogens with one attached hydrogen (secondary N) is 1. The number of hydrogen-bond acceptors (Lipinski definition) is 7. The van der Waals surface area contributed by atoms with Gasteiger partial charge in [0.05, 0.1) is 11.5 Å². The molecule has 1 heterocycles. The van der Waals surface area contributed by atoms with Crippen LogP contribution in [0.4, 0.5) is 0 Å². The van der Waals surface area contributed by atoms with Crippen molar-refractivity contribution in [1.82, 2.24) is 10.2 Å². The first-order valence-electron chi connectivity index (χ1n) is 7.96. The SMILES string of the molecule is Cc1ccc(SCC(=O)OCC(=O)NCCN2C(=O)CSC2=S)cc1C. The van der Waals surface area contributed by atoms with Crippen LogP contribution in [0.1, 0.15) is 11.1 Å². The third kappa shape index (κ3) is 6.30. The lowest BCUT2D eigenvalue weighted by Gasteiger charge is -2.15. The Morgan fingerprint density at radius 2 is 2.12 bits per heavy atom. The number of thioether (sulfide) groups is 2. The molecule has 2 rings (SSSR count). The molecule has 140 valence electrons. The van der Waals surface area contributed by atoms with Crippen LogP contribution in [0.15, 0.2) is 23.1 Å². The second-order valence-corrected chi connectivity index (χ2v) is 8.30. The maximum absolute atomic E-state index is 11.7. The van der Waals surface area contributed by atoms with Gasteiger partial charge >= 0.3 is 5.97 Å². The zero-order valence-electron chi connectivity index (χ0n) is 14.6. The summed E-state index contributed by atoms with van der Waals surface area (Å²) < 4.78 is 5.49. The van der Waals surface area contributed by atoms with Gasteiger partial charge in [-0.15, -0.1) is 11.8 Å². The van der Waals surface area contributed by atoms with Gasteiger partial charge in [0.15, 0.2) is 6.61 Å². The highest BCUT2D eigenvalue weighted by Crippen LogP contribution is 2.21. The number of amides is 2. The zero-order chi connectivity index (χ0) is 19.1. The van der Waals surface area contributed by atoms with Crippen molar-refractivity contribution in [3.8, 4) is 0 Å². The molecule has 0 aliphatic carbocycles. The molecule has 1 aromatic rings. The molecule has 0 saturated carbocycles. The molecular weight excluding hydrogens is 392 g/mol. The first kappa shape index (κ1) is 20.7. The van der Waals surface area contributed by atoms with Gasteiger partial charge in [-0.25, -0.2) is 0 Å². The molecule has 9 heteroatoms. The number of carbonyl (C=O) groups is 3. The van der Waals surface area contributed by atoms with E-state index >= 15 is 0 Å². The summed E-state index contributed by atoms with van der Waals surface area (Å²) >= 11 is 7.74. The fraction of sp³-hybridized carbons (Fsp3) is 0.412. The van der Waals surface area contributed by atoms with Crippen molar-refractivity contribution in [2.45, 2.75) is 18.7 Å². The van der Waals surface area contributed by atoms with Crippen LogP contribution in [0.5, 0.6) is 0 Å². The molecule has 1 aliphatic heterocycles. The predicted molar refractivity (Wildman–Crippen MR) is 107 cm³/mol. The quantitative estimate of drug-likeness (QED) is 0.397. The summed E-state index contributed by atoms with van der Waals surface area (Å²) in [5.41, 5.74) is 2.36. The lowest BCUT2D eigenvalue weighted by atomic mass is 10.1. The number of nitrogens with zero attached hydrogens (tertiary/aromatic N) is 1. The van der Waals surface area contributed by atoms with E-state index in [1.165, 1.54) is 34.0 Å². The van der Waals surface area contributed by atoms with Crippen molar-refractivity contribution in [2.24, 2.45) is 0 Å². The molecule has 0 atom stereocenters. The molecule has 0 unspecified atom stereocenters. The molecule has 26 heavy (non-hydrogen) atoms. The van der Waals surface area contributed by atoms with Crippen LogP contribution in [-0.4, -0.2) is 58.2 Å². The third-order valence-corrected chi connectivity index (χ3v) is 6.10. The Morgan fingerprint density at radius 1 is 1.35 bits per heavy atom. The Bertz CT molecular complexity index is 708. The number of rotatable bonds is 8. The van der Waals surface area contributed by atoms with Gasteiger partial charge in [-0.3, -0.25) is 19.3 Å². The monoisotopic (exact) mass is 412 g/mol. The molecule has 6 nitrogen and oxygen atoms in total. The van der Waals surface area contributed by atoms with Crippen LogP contribution in [0, 0.1) is 13.8 Å². The summed E-state index contributed by atoms with van der Waals surface area (Å²) in [6.45, 7) is 4.30. The van der Waals surface area contributed by atoms with Gasteiger partial charge in [0.2, 0.25) is 5.91 Å². The Balaban J connectivity index is 1.62. The molecule has 0 bridgehead atoms. The van der Waals surface area contributed by atoms with E-state index in [9.17, 15) is 14.4 Å². The van der Waals surface area contributed by atoms with Crippen molar-refractivity contribution in [1.29, 1.82) is 0 Å². The molecule has 1 fully saturated rings. The van der Waals surface area contributed by atoms with Crippen molar-refractivity contribution < 1.29 is 19.1 Å². The smallest absolute Gasteiger partial charge is 0.316 e. The highest BCUT2D eigenvalue weighted by molar-refractivity contribution is 8.23. The summed E-state index contributed by atoms with van der Waals surface area (Å²) in [6, 6.07) is 5.98. The summed E-state index contributed by atoms with van der Waals surface area (Å²) in [5, 5.41) is 2.61. The summed E-state index contributed by atoms with van der Waals surface area (Å²) in [6.07, 6.45) is 0. The Hall–Kier alpha value is -1.58. The molecule has 1 saturated heterocycles. The van der Waals surface area contributed by atoms with Crippen LogP contribution in [-0.2, 0) is 19.1 Å². The molecule has 1 N–H and O–H groups in total. The molecule has 1 aliphatic rings. The number of aryl methyl sites for hydroxylation is 2. The minimum Gasteiger partial charge on any atom is -0.455 e. The predicted octanol–water partition coefficient (Wildman–Crippen LogP) is 1.92. The van der Waals surface area contributed by atoms with Crippen molar-refractivity contribution in [2.75, 3.05) is 31.2 Å². The minimum atomic E-state index is -0.448. The molecule has 0 radical (unpaired) electrons. The number of ether oxygens (including phenoxy) is 1. The van der Waals surface area contributed by atoms with Crippen molar-refractivity contribution >= 4 is 57.8 Å². The van der Waals surface area contributed by atoms with E-state index in [0.29, 0.717) is 16.6 Å². The van der Waals surface area contributed by atoms with Crippen LogP contribution in [0.2, 0.25) is 0 Å². The van der Waals surface area contributed by atoms with Gasteiger partial charge in [-0.2, -0.15) is 0 Å². The van der Waals surface area contributed by atoms with Crippen LogP contribution >= 0.6 is 35.7 Å². The van der Waals surface area contributed by atoms with Gasteiger partial charge in [-0.05, 0) is 37.1 Å². The van der Waals surface area contributed by atoms with Crippen molar-refractivity contribution in [3.05, 3.63) is 29.3 Å². The van der Waals surface area contributed by atoms with Crippen LogP contribution in [0.3, 0.4) is 0 Å². The number of benzene rings is 1. The molecule has 2 amide bonds. The fourth-order valence-corrected chi connectivity index (χ4v) is 4.00. The first-order chi connectivity index (χ1) is 12.4. The lowest BCUT2D eigenvalue weighted by molar-refractivity contribution is -0.145. The highest BCUT2D eigenvalue weighted by Gasteiger charge is 2.25. The standard InChI is InChI=1S/C17H20N2O4S3/c1-11-3-4-13(7-12(11)2)25-10-16(22)23-8-14(20)18-5-6-19-15(21)9-26-17(19)24/h3-4,7H,5-6,8-10H2,1-2H3,(H,18,20). The average molecular weight is 413 g/mol. The van der Waals surface area contributed by atoms with Gasteiger partial charge < -0.3 is 10.1 Å².